The van der Waals surface area contributed by atoms with Crippen molar-refractivity contribution in [2.75, 3.05) is 42.9 Å². The van der Waals surface area contributed by atoms with Gasteiger partial charge < -0.3 is 15.1 Å². The van der Waals surface area contributed by atoms with Gasteiger partial charge in [0.2, 0.25) is 0 Å². The van der Waals surface area contributed by atoms with Crippen molar-refractivity contribution in [3.05, 3.63) is 63.7 Å². The summed E-state index contributed by atoms with van der Waals surface area (Å²) in [7, 11) is 0. The normalized spacial score (nSPS) is 14.1. The fourth-order valence-electron chi connectivity index (χ4n) is 3.45. The lowest BCUT2D eigenvalue weighted by molar-refractivity contribution is -0.383. The molecule has 1 N–H and O–H groups in total. The quantitative estimate of drug-likeness (QED) is 0.611. The largest absolute Gasteiger partial charge is 0.380 e. The zero-order valence-electron chi connectivity index (χ0n) is 16.4. The number of carbonyl (C=O) groups is 1. The van der Waals surface area contributed by atoms with Gasteiger partial charge in [-0.1, -0.05) is 19.1 Å². The second kappa shape index (κ2) is 8.73. The lowest BCUT2D eigenvalue weighted by Gasteiger charge is -2.36. The molecule has 1 amide bonds. The summed E-state index contributed by atoms with van der Waals surface area (Å²) in [6.07, 6.45) is 0.956. The predicted octanol–water partition coefficient (Wildman–Crippen LogP) is 3.55. The summed E-state index contributed by atoms with van der Waals surface area (Å²) in [5.41, 5.74) is 3.47. The maximum Gasteiger partial charge on any atom is 0.292 e. The maximum absolute atomic E-state index is 12.7. The van der Waals surface area contributed by atoms with Crippen molar-refractivity contribution in [1.82, 2.24) is 4.90 Å². The topological polar surface area (TPSA) is 78.7 Å². The molecule has 0 radical (unpaired) electrons. The molecule has 7 nitrogen and oxygen atoms in total. The lowest BCUT2D eigenvalue weighted by Crippen LogP contribution is -2.48. The third-order valence-electron chi connectivity index (χ3n) is 5.09. The Morgan fingerprint density at radius 2 is 1.75 bits per heavy atom. The molecule has 1 saturated heterocycles. The number of nitro benzene ring substituents is 1. The van der Waals surface area contributed by atoms with E-state index in [4.69, 9.17) is 0 Å². The van der Waals surface area contributed by atoms with E-state index in [1.165, 1.54) is 5.56 Å². The number of aryl methyl sites for hydroxylation is 1. The summed E-state index contributed by atoms with van der Waals surface area (Å²) in [4.78, 5) is 27.6. The molecule has 28 heavy (non-hydrogen) atoms. The fourth-order valence-corrected chi connectivity index (χ4v) is 3.45. The van der Waals surface area contributed by atoms with Crippen molar-refractivity contribution in [2.24, 2.45) is 0 Å². The first-order valence-electron chi connectivity index (χ1n) is 9.69. The van der Waals surface area contributed by atoms with Crippen LogP contribution in [0.15, 0.2) is 42.5 Å². The molecule has 2 aromatic rings. The van der Waals surface area contributed by atoms with Crippen molar-refractivity contribution >= 4 is 23.0 Å². The van der Waals surface area contributed by atoms with Crippen LogP contribution in [0.3, 0.4) is 0 Å². The molecule has 0 atom stereocenters. The minimum absolute atomic E-state index is 0.0549. The van der Waals surface area contributed by atoms with E-state index in [-0.39, 0.29) is 16.5 Å². The Bertz CT molecular complexity index is 843. The van der Waals surface area contributed by atoms with E-state index in [1.807, 2.05) is 42.2 Å². The molecule has 148 valence electrons. The first-order chi connectivity index (χ1) is 13.5. The van der Waals surface area contributed by atoms with Crippen molar-refractivity contribution < 1.29 is 9.72 Å². The van der Waals surface area contributed by atoms with Crippen LogP contribution in [0.25, 0.3) is 0 Å². The second-order valence-corrected chi connectivity index (χ2v) is 6.82. The van der Waals surface area contributed by atoms with Gasteiger partial charge in [-0.25, -0.2) is 0 Å². The molecule has 1 aliphatic heterocycles. The number of nitrogens with one attached hydrogen (secondary N) is 1. The minimum Gasteiger partial charge on any atom is -0.380 e. The molecule has 1 heterocycles. The van der Waals surface area contributed by atoms with Crippen LogP contribution < -0.4 is 10.2 Å². The van der Waals surface area contributed by atoms with Gasteiger partial charge >= 0.3 is 0 Å². The summed E-state index contributed by atoms with van der Waals surface area (Å²) in [6, 6.07) is 12.9. The van der Waals surface area contributed by atoms with E-state index in [0.29, 0.717) is 38.4 Å². The second-order valence-electron chi connectivity index (χ2n) is 6.82. The van der Waals surface area contributed by atoms with E-state index in [0.717, 1.165) is 17.7 Å². The Labute approximate surface area is 165 Å². The van der Waals surface area contributed by atoms with E-state index in [9.17, 15) is 14.9 Å². The smallest absolute Gasteiger partial charge is 0.292 e. The van der Waals surface area contributed by atoms with Gasteiger partial charge in [-0.2, -0.15) is 0 Å². The van der Waals surface area contributed by atoms with Crippen LogP contribution >= 0.6 is 0 Å². The molecule has 1 aliphatic rings. The van der Waals surface area contributed by atoms with Crippen LogP contribution in [0, 0.1) is 10.1 Å². The molecule has 7 heteroatoms. The summed E-state index contributed by atoms with van der Waals surface area (Å²) in [6.45, 7) is 7.26. The molecule has 0 unspecified atom stereocenters. The van der Waals surface area contributed by atoms with Crippen LogP contribution in [-0.4, -0.2) is 48.5 Å². The van der Waals surface area contributed by atoms with Crippen LogP contribution in [0.4, 0.5) is 17.1 Å². The number of benzene rings is 2. The molecule has 0 bridgehead atoms. The van der Waals surface area contributed by atoms with Crippen molar-refractivity contribution in [1.29, 1.82) is 0 Å². The third-order valence-corrected chi connectivity index (χ3v) is 5.09. The number of nitro groups is 1. The molecule has 0 spiro atoms. The summed E-state index contributed by atoms with van der Waals surface area (Å²) in [5, 5.41) is 14.2. The number of anilines is 2. The molecule has 0 aromatic heterocycles. The van der Waals surface area contributed by atoms with Gasteiger partial charge in [0.25, 0.3) is 11.6 Å². The van der Waals surface area contributed by atoms with E-state index >= 15 is 0 Å². The molecule has 1 fully saturated rings. The molecule has 0 saturated carbocycles. The molecule has 0 aliphatic carbocycles. The molecular weight excluding hydrogens is 356 g/mol. The Hall–Kier alpha value is -3.09. The standard InChI is InChI=1S/C21H26N4O3/c1-3-16-5-7-17(8-6-16)21(26)24-13-11-23(12-14-24)18-9-10-20(25(27)28)19(15-18)22-4-2/h5-10,15,22H,3-4,11-14H2,1-2H3. The van der Waals surface area contributed by atoms with Gasteiger partial charge in [-0.05, 0) is 43.2 Å². The maximum atomic E-state index is 12.7. The van der Waals surface area contributed by atoms with E-state index < -0.39 is 0 Å². The fraction of sp³-hybridized carbons (Fsp3) is 0.381. The third kappa shape index (κ3) is 4.24. The van der Waals surface area contributed by atoms with E-state index in [1.54, 1.807) is 12.1 Å². The van der Waals surface area contributed by atoms with Crippen LogP contribution in [0.5, 0.6) is 0 Å². The zero-order valence-corrected chi connectivity index (χ0v) is 16.4. The van der Waals surface area contributed by atoms with Gasteiger partial charge in [0.15, 0.2) is 0 Å². The van der Waals surface area contributed by atoms with Gasteiger partial charge in [0.05, 0.1) is 4.92 Å². The highest BCUT2D eigenvalue weighted by Gasteiger charge is 2.23. The number of piperazine rings is 1. The monoisotopic (exact) mass is 382 g/mol. The Morgan fingerprint density at radius 1 is 1.07 bits per heavy atom. The van der Waals surface area contributed by atoms with Crippen LogP contribution in [-0.2, 0) is 6.42 Å². The van der Waals surface area contributed by atoms with Gasteiger partial charge in [-0.3, -0.25) is 14.9 Å². The Balaban J connectivity index is 1.66. The van der Waals surface area contributed by atoms with Crippen molar-refractivity contribution in [3.63, 3.8) is 0 Å². The summed E-state index contributed by atoms with van der Waals surface area (Å²) in [5.74, 6) is 0.0549. The highest BCUT2D eigenvalue weighted by atomic mass is 16.6. The number of hydrogen-bond acceptors (Lipinski definition) is 5. The predicted molar refractivity (Wildman–Crippen MR) is 111 cm³/mol. The van der Waals surface area contributed by atoms with E-state index in [2.05, 4.69) is 17.1 Å². The highest BCUT2D eigenvalue weighted by Crippen LogP contribution is 2.30. The summed E-state index contributed by atoms with van der Waals surface area (Å²) < 4.78 is 0. The number of hydrogen-bond donors (Lipinski definition) is 1. The first-order valence-corrected chi connectivity index (χ1v) is 9.69. The van der Waals surface area contributed by atoms with Crippen LogP contribution in [0.2, 0.25) is 0 Å². The first kappa shape index (κ1) is 19.7. The average Bonchev–Trinajstić information content (AvgIpc) is 2.73. The van der Waals surface area contributed by atoms with Crippen molar-refractivity contribution in [2.45, 2.75) is 20.3 Å². The summed E-state index contributed by atoms with van der Waals surface area (Å²) >= 11 is 0. The van der Waals surface area contributed by atoms with Crippen LogP contribution in [0.1, 0.15) is 29.8 Å². The number of carbonyl (C=O) groups excluding carboxylic acids is 1. The van der Waals surface area contributed by atoms with Gasteiger partial charge in [-0.15, -0.1) is 0 Å². The molecule has 3 rings (SSSR count). The highest BCUT2D eigenvalue weighted by molar-refractivity contribution is 5.94. The zero-order chi connectivity index (χ0) is 20.1. The number of rotatable bonds is 6. The van der Waals surface area contributed by atoms with Gasteiger partial charge in [0, 0.05) is 50.0 Å². The minimum atomic E-state index is -0.373. The number of nitrogens with zero attached hydrogens (tertiary/aromatic N) is 3. The average molecular weight is 382 g/mol. The lowest BCUT2D eigenvalue weighted by atomic mass is 10.1. The Morgan fingerprint density at radius 3 is 2.32 bits per heavy atom. The molecule has 2 aromatic carbocycles. The number of amides is 1. The van der Waals surface area contributed by atoms with Gasteiger partial charge in [0.1, 0.15) is 5.69 Å². The van der Waals surface area contributed by atoms with Crippen molar-refractivity contribution in [3.8, 4) is 0 Å². The molecular formula is C21H26N4O3. The Kier molecular flexibility index (Phi) is 6.13. The SMILES string of the molecule is CCNc1cc(N2CCN(C(=O)c3ccc(CC)cc3)CC2)ccc1[N+](=O)[O-].